The second-order valence-electron chi connectivity index (χ2n) is 5.08. The van der Waals surface area contributed by atoms with Crippen LogP contribution in [0, 0.1) is 21.4 Å². The normalized spacial score (nSPS) is 10.8. The van der Waals surface area contributed by atoms with E-state index in [1.807, 2.05) is 6.07 Å². The van der Waals surface area contributed by atoms with Gasteiger partial charge in [-0.15, -0.1) is 0 Å². The number of nitrogens with zero attached hydrogens (tertiary/aromatic N) is 2. The molecule has 0 radical (unpaired) electrons. The molecule has 0 aliphatic heterocycles. The second kappa shape index (κ2) is 7.92. The van der Waals surface area contributed by atoms with E-state index in [2.05, 4.69) is 5.32 Å². The van der Waals surface area contributed by atoms with Crippen LogP contribution in [0.15, 0.2) is 36.4 Å². The first-order valence-corrected chi connectivity index (χ1v) is 7.47. The van der Waals surface area contributed by atoms with Gasteiger partial charge in [0.05, 0.1) is 27.1 Å². The lowest BCUT2D eigenvalue weighted by Gasteiger charge is -2.11. The molecule has 0 fully saturated rings. The summed E-state index contributed by atoms with van der Waals surface area (Å²) in [6.07, 6.45) is -4.76. The number of nitriles is 1. The largest absolute Gasteiger partial charge is 0.482 e. The van der Waals surface area contributed by atoms with Gasteiger partial charge in [-0.1, -0.05) is 11.6 Å². The lowest BCUT2D eigenvalue weighted by atomic mass is 10.1. The van der Waals surface area contributed by atoms with Crippen molar-refractivity contribution in [3.05, 3.63) is 62.7 Å². The van der Waals surface area contributed by atoms with Crippen LogP contribution >= 0.6 is 11.6 Å². The summed E-state index contributed by atoms with van der Waals surface area (Å²) in [5.41, 5.74) is -2.26. The Kier molecular flexibility index (Phi) is 5.87. The van der Waals surface area contributed by atoms with Crippen LogP contribution < -0.4 is 10.1 Å². The molecule has 2 rings (SSSR count). The van der Waals surface area contributed by atoms with E-state index in [-0.39, 0.29) is 16.3 Å². The number of amides is 1. The number of benzene rings is 2. The standard InChI is InChI=1S/C16H9ClF3N3O4/c17-11-5-9(7-21)1-4-14(11)27-8-15(24)22-12-3-2-10(16(18,19)20)6-13(12)23(25)26/h1-6H,8H2,(H,22,24). The topological polar surface area (TPSA) is 105 Å². The number of anilines is 1. The molecule has 140 valence electrons. The van der Waals surface area contributed by atoms with Crippen molar-refractivity contribution in [2.24, 2.45) is 0 Å². The van der Waals surface area contributed by atoms with Crippen LogP contribution in [0.2, 0.25) is 5.02 Å². The van der Waals surface area contributed by atoms with Gasteiger partial charge in [-0.25, -0.2) is 0 Å². The minimum Gasteiger partial charge on any atom is -0.482 e. The number of nitrogens with one attached hydrogen (secondary N) is 1. The molecule has 0 spiro atoms. The number of hydrogen-bond acceptors (Lipinski definition) is 5. The van der Waals surface area contributed by atoms with Gasteiger partial charge in [-0.2, -0.15) is 18.4 Å². The Morgan fingerprint density at radius 2 is 2.00 bits per heavy atom. The fourth-order valence-corrected chi connectivity index (χ4v) is 2.22. The number of ether oxygens (including phenoxy) is 1. The molecule has 27 heavy (non-hydrogen) atoms. The number of carbonyl (C=O) groups is 1. The van der Waals surface area contributed by atoms with Gasteiger partial charge in [0.25, 0.3) is 11.6 Å². The Morgan fingerprint density at radius 3 is 2.56 bits per heavy atom. The van der Waals surface area contributed by atoms with E-state index in [4.69, 9.17) is 21.6 Å². The minimum absolute atomic E-state index is 0.0716. The zero-order chi connectivity index (χ0) is 20.2. The Labute approximate surface area is 155 Å². The van der Waals surface area contributed by atoms with Crippen molar-refractivity contribution >= 4 is 28.9 Å². The van der Waals surface area contributed by atoms with Crippen LogP contribution in [0.25, 0.3) is 0 Å². The molecule has 2 aromatic carbocycles. The third kappa shape index (κ3) is 5.08. The van der Waals surface area contributed by atoms with Crippen molar-refractivity contribution in [2.75, 3.05) is 11.9 Å². The highest BCUT2D eigenvalue weighted by atomic mass is 35.5. The minimum atomic E-state index is -4.76. The predicted octanol–water partition coefficient (Wildman–Crippen LogP) is 4.16. The van der Waals surface area contributed by atoms with Crippen LogP contribution in [0.5, 0.6) is 5.75 Å². The van der Waals surface area contributed by atoms with E-state index in [9.17, 15) is 28.1 Å². The SMILES string of the molecule is N#Cc1ccc(OCC(=O)Nc2ccc(C(F)(F)F)cc2[N+](=O)[O-])c(Cl)c1. The Balaban J connectivity index is 2.11. The average molecular weight is 400 g/mol. The maximum atomic E-state index is 12.7. The summed E-state index contributed by atoms with van der Waals surface area (Å²) >= 11 is 5.88. The van der Waals surface area contributed by atoms with E-state index >= 15 is 0 Å². The van der Waals surface area contributed by atoms with E-state index in [0.717, 1.165) is 6.07 Å². The zero-order valence-electron chi connectivity index (χ0n) is 13.2. The van der Waals surface area contributed by atoms with Gasteiger partial charge in [0.1, 0.15) is 11.4 Å². The van der Waals surface area contributed by atoms with Gasteiger partial charge in [-0.05, 0) is 30.3 Å². The van der Waals surface area contributed by atoms with Crippen molar-refractivity contribution in [1.82, 2.24) is 0 Å². The second-order valence-corrected chi connectivity index (χ2v) is 5.49. The number of halogens is 4. The van der Waals surface area contributed by atoms with Gasteiger partial charge >= 0.3 is 6.18 Å². The van der Waals surface area contributed by atoms with Crippen molar-refractivity contribution in [3.8, 4) is 11.8 Å². The molecule has 0 unspecified atom stereocenters. The molecule has 0 atom stereocenters. The summed E-state index contributed by atoms with van der Waals surface area (Å²) in [7, 11) is 0. The molecule has 0 aliphatic rings. The van der Waals surface area contributed by atoms with Crippen molar-refractivity contribution in [2.45, 2.75) is 6.18 Å². The fraction of sp³-hybridized carbons (Fsp3) is 0.125. The molecule has 11 heteroatoms. The number of alkyl halides is 3. The summed E-state index contributed by atoms with van der Waals surface area (Å²) in [6.45, 7) is -0.607. The Hall–Kier alpha value is -3.32. The molecular formula is C16H9ClF3N3O4. The lowest BCUT2D eigenvalue weighted by molar-refractivity contribution is -0.384. The molecule has 2 aromatic rings. The van der Waals surface area contributed by atoms with E-state index in [0.29, 0.717) is 12.1 Å². The molecule has 0 saturated heterocycles. The van der Waals surface area contributed by atoms with Crippen LogP contribution in [-0.4, -0.2) is 17.4 Å². The summed E-state index contributed by atoms with van der Waals surface area (Å²) in [5.74, 6) is -0.758. The predicted molar refractivity (Wildman–Crippen MR) is 88.4 cm³/mol. The number of nitro benzene ring substituents is 1. The number of nitro groups is 1. The molecule has 0 heterocycles. The highest BCUT2D eigenvalue weighted by Gasteiger charge is 2.33. The third-order valence-corrected chi connectivity index (χ3v) is 3.51. The first-order valence-electron chi connectivity index (χ1n) is 7.09. The van der Waals surface area contributed by atoms with Gasteiger partial charge in [0.2, 0.25) is 0 Å². The van der Waals surface area contributed by atoms with Crippen LogP contribution in [0.1, 0.15) is 11.1 Å². The van der Waals surface area contributed by atoms with Crippen LogP contribution in [-0.2, 0) is 11.0 Å². The van der Waals surface area contributed by atoms with Gasteiger partial charge in [0.15, 0.2) is 6.61 Å². The van der Waals surface area contributed by atoms with Crippen molar-refractivity contribution in [1.29, 1.82) is 5.26 Å². The molecule has 7 nitrogen and oxygen atoms in total. The summed E-state index contributed by atoms with van der Waals surface area (Å²) in [6, 6.07) is 7.66. The third-order valence-electron chi connectivity index (χ3n) is 3.22. The first kappa shape index (κ1) is 20.0. The van der Waals surface area contributed by atoms with E-state index < -0.39 is 40.6 Å². The van der Waals surface area contributed by atoms with Crippen LogP contribution in [0.3, 0.4) is 0 Å². The smallest absolute Gasteiger partial charge is 0.416 e. The molecule has 0 bridgehead atoms. The first-order chi connectivity index (χ1) is 12.6. The molecule has 1 amide bonds. The van der Waals surface area contributed by atoms with Gasteiger partial charge < -0.3 is 10.1 Å². The maximum Gasteiger partial charge on any atom is 0.416 e. The van der Waals surface area contributed by atoms with E-state index in [1.54, 1.807) is 0 Å². The summed E-state index contributed by atoms with van der Waals surface area (Å²) < 4.78 is 43.1. The molecular weight excluding hydrogens is 391 g/mol. The summed E-state index contributed by atoms with van der Waals surface area (Å²) in [5, 5.41) is 21.9. The summed E-state index contributed by atoms with van der Waals surface area (Å²) in [4.78, 5) is 21.8. The number of rotatable bonds is 5. The Bertz CT molecular complexity index is 941. The fourth-order valence-electron chi connectivity index (χ4n) is 1.98. The number of hydrogen-bond donors (Lipinski definition) is 1. The van der Waals surface area contributed by atoms with Crippen LogP contribution in [0.4, 0.5) is 24.5 Å². The zero-order valence-corrected chi connectivity index (χ0v) is 14.0. The highest BCUT2D eigenvalue weighted by Crippen LogP contribution is 2.35. The molecule has 0 aromatic heterocycles. The maximum absolute atomic E-state index is 12.7. The molecule has 0 saturated carbocycles. The Morgan fingerprint density at radius 1 is 1.30 bits per heavy atom. The van der Waals surface area contributed by atoms with Crippen molar-refractivity contribution < 1.29 is 27.6 Å². The number of carbonyl (C=O) groups excluding carboxylic acids is 1. The monoisotopic (exact) mass is 399 g/mol. The molecule has 1 N–H and O–H groups in total. The average Bonchev–Trinajstić information content (AvgIpc) is 2.59. The highest BCUT2D eigenvalue weighted by molar-refractivity contribution is 6.32. The lowest BCUT2D eigenvalue weighted by Crippen LogP contribution is -2.21. The molecule has 0 aliphatic carbocycles. The van der Waals surface area contributed by atoms with Gasteiger partial charge in [-0.3, -0.25) is 14.9 Å². The van der Waals surface area contributed by atoms with Gasteiger partial charge in [0, 0.05) is 6.07 Å². The quantitative estimate of drug-likeness (QED) is 0.600. The van der Waals surface area contributed by atoms with E-state index in [1.165, 1.54) is 18.2 Å². The van der Waals surface area contributed by atoms with Crippen molar-refractivity contribution in [3.63, 3.8) is 0 Å².